The molecule has 9 nitrogen and oxygen atoms in total. The second-order valence-electron chi connectivity index (χ2n) is 11.0. The lowest BCUT2D eigenvalue weighted by atomic mass is 9.97. The molecule has 2 atom stereocenters. The van der Waals surface area contributed by atoms with E-state index in [1.807, 2.05) is 36.4 Å². The number of Topliss-reactive ketones (excluding diaryl/α,β-unsaturated/α-hetero) is 1. The Hall–Kier alpha value is -4.76. The van der Waals surface area contributed by atoms with Gasteiger partial charge in [-0.05, 0) is 48.2 Å². The van der Waals surface area contributed by atoms with Crippen molar-refractivity contribution in [2.45, 2.75) is 44.9 Å². The van der Waals surface area contributed by atoms with E-state index in [4.69, 9.17) is 0 Å². The molecule has 3 amide bonds. The zero-order valence-corrected chi connectivity index (χ0v) is 24.3. The van der Waals surface area contributed by atoms with Crippen LogP contribution in [-0.4, -0.2) is 80.3 Å². The molecule has 2 aliphatic heterocycles. The quantitative estimate of drug-likeness (QED) is 0.291. The predicted octanol–water partition coefficient (Wildman–Crippen LogP) is 3.58. The van der Waals surface area contributed by atoms with Crippen LogP contribution in [0.25, 0.3) is 0 Å². The molecule has 9 heteroatoms. The van der Waals surface area contributed by atoms with Crippen molar-refractivity contribution in [2.24, 2.45) is 0 Å². The number of hydrazine groups is 1. The molecule has 2 fully saturated rings. The van der Waals surface area contributed by atoms with Gasteiger partial charge in [0.25, 0.3) is 0 Å². The summed E-state index contributed by atoms with van der Waals surface area (Å²) in [4.78, 5) is 57.0. The molecule has 0 unspecified atom stereocenters. The molecule has 3 aromatic rings. The molecule has 0 saturated carbocycles. The maximum Gasteiger partial charge on any atom is 0.246 e. The highest BCUT2D eigenvalue weighted by molar-refractivity contribution is 5.94. The first-order chi connectivity index (χ1) is 20.7. The SMILES string of the molecule is C=CCN1CC(=O)N2[C@@H](Cc3ccc(O)cc3)C(=O)N(Cc3cccc(C(C)=O)c3)C[C@@H]2N1C(=O)CCc1ccccc1. The van der Waals surface area contributed by atoms with E-state index in [1.165, 1.54) is 6.92 Å². The first kappa shape index (κ1) is 29.7. The molecular formula is C34H36N4O5. The Morgan fingerprint density at radius 3 is 2.37 bits per heavy atom. The summed E-state index contributed by atoms with van der Waals surface area (Å²) in [5.74, 6) is -0.595. The average Bonchev–Trinajstić information content (AvgIpc) is 3.00. The number of hydrogen-bond acceptors (Lipinski definition) is 6. The van der Waals surface area contributed by atoms with Gasteiger partial charge in [0, 0.05) is 31.5 Å². The third kappa shape index (κ3) is 6.67. The van der Waals surface area contributed by atoms with E-state index in [0.717, 1.165) is 16.7 Å². The van der Waals surface area contributed by atoms with Crippen LogP contribution < -0.4 is 0 Å². The summed E-state index contributed by atoms with van der Waals surface area (Å²) in [6, 6.07) is 22.6. The van der Waals surface area contributed by atoms with Gasteiger partial charge >= 0.3 is 0 Å². The molecule has 0 bridgehead atoms. The summed E-state index contributed by atoms with van der Waals surface area (Å²) < 4.78 is 0. The van der Waals surface area contributed by atoms with E-state index in [2.05, 4.69) is 6.58 Å². The topological polar surface area (TPSA) is 101 Å². The van der Waals surface area contributed by atoms with Gasteiger partial charge in [-0.2, -0.15) is 0 Å². The normalized spacial score (nSPS) is 18.9. The van der Waals surface area contributed by atoms with Crippen molar-refractivity contribution in [1.29, 1.82) is 0 Å². The zero-order chi connectivity index (χ0) is 30.5. The van der Waals surface area contributed by atoms with Crippen LogP contribution >= 0.6 is 0 Å². The van der Waals surface area contributed by atoms with Crippen LogP contribution in [0.2, 0.25) is 0 Å². The molecule has 1 N–H and O–H groups in total. The highest BCUT2D eigenvalue weighted by Crippen LogP contribution is 2.30. The Bertz CT molecular complexity index is 1510. The van der Waals surface area contributed by atoms with Gasteiger partial charge in [0.2, 0.25) is 17.7 Å². The average molecular weight is 581 g/mol. The summed E-state index contributed by atoms with van der Waals surface area (Å²) in [6.07, 6.45) is 1.93. The minimum absolute atomic E-state index is 0.0559. The lowest BCUT2D eigenvalue weighted by molar-refractivity contribution is -0.205. The maximum absolute atomic E-state index is 14.1. The molecule has 0 aliphatic carbocycles. The number of phenolic OH excluding ortho intramolecular Hbond substituents is 1. The van der Waals surface area contributed by atoms with E-state index < -0.39 is 12.2 Å². The molecule has 43 heavy (non-hydrogen) atoms. The lowest BCUT2D eigenvalue weighted by Gasteiger charge is -2.55. The summed E-state index contributed by atoms with van der Waals surface area (Å²) in [5, 5.41) is 13.2. The third-order valence-corrected chi connectivity index (χ3v) is 7.97. The predicted molar refractivity (Wildman–Crippen MR) is 161 cm³/mol. The van der Waals surface area contributed by atoms with Crippen LogP contribution in [0.5, 0.6) is 5.75 Å². The van der Waals surface area contributed by atoms with Gasteiger partial charge in [-0.15, -0.1) is 6.58 Å². The lowest BCUT2D eigenvalue weighted by Crippen LogP contribution is -2.75. The second kappa shape index (κ2) is 13.0. The van der Waals surface area contributed by atoms with E-state index in [1.54, 1.807) is 68.4 Å². The zero-order valence-electron chi connectivity index (χ0n) is 24.3. The fraction of sp³-hybridized carbons (Fsp3) is 0.294. The van der Waals surface area contributed by atoms with E-state index in [-0.39, 0.29) is 61.7 Å². The highest BCUT2D eigenvalue weighted by atomic mass is 16.3. The molecule has 3 aromatic carbocycles. The van der Waals surface area contributed by atoms with Gasteiger partial charge in [0.05, 0.1) is 13.1 Å². The summed E-state index contributed by atoms with van der Waals surface area (Å²) in [6.45, 7) is 5.91. The Labute approximate surface area is 251 Å². The Balaban J connectivity index is 1.50. The van der Waals surface area contributed by atoms with Gasteiger partial charge in [0.15, 0.2) is 5.78 Å². The summed E-state index contributed by atoms with van der Waals surface area (Å²) in [5.41, 5.74) is 3.14. The van der Waals surface area contributed by atoms with Crippen molar-refractivity contribution in [3.63, 3.8) is 0 Å². The molecule has 222 valence electrons. The number of hydrogen-bond donors (Lipinski definition) is 1. The van der Waals surface area contributed by atoms with Crippen LogP contribution in [0.4, 0.5) is 0 Å². The molecule has 2 heterocycles. The number of fused-ring (bicyclic) bond motifs is 1. The van der Waals surface area contributed by atoms with E-state index >= 15 is 0 Å². The molecule has 0 radical (unpaired) electrons. The van der Waals surface area contributed by atoms with Gasteiger partial charge in [-0.25, -0.2) is 10.0 Å². The summed E-state index contributed by atoms with van der Waals surface area (Å²) >= 11 is 0. The number of amides is 3. The van der Waals surface area contributed by atoms with Crippen molar-refractivity contribution >= 4 is 23.5 Å². The largest absolute Gasteiger partial charge is 0.508 e. The first-order valence-electron chi connectivity index (χ1n) is 14.4. The number of nitrogens with zero attached hydrogens (tertiary/aromatic N) is 4. The molecule has 0 aromatic heterocycles. The Morgan fingerprint density at radius 2 is 1.67 bits per heavy atom. The fourth-order valence-electron chi connectivity index (χ4n) is 5.88. The number of rotatable bonds is 10. The number of carbonyl (C=O) groups is 4. The molecule has 0 spiro atoms. The van der Waals surface area contributed by atoms with Crippen molar-refractivity contribution in [2.75, 3.05) is 19.6 Å². The molecule has 5 rings (SSSR count). The number of piperazine rings is 1. The fourth-order valence-corrected chi connectivity index (χ4v) is 5.88. The second-order valence-corrected chi connectivity index (χ2v) is 11.0. The highest BCUT2D eigenvalue weighted by Gasteiger charge is 2.50. The summed E-state index contributed by atoms with van der Waals surface area (Å²) in [7, 11) is 0. The standard InChI is InChI=1S/C34H36N4O5/c1-3-18-36-23-33(42)37-30(20-26-12-15-29(40)16-13-26)34(43)35(21-27-10-7-11-28(19-27)24(2)39)22-31(37)38(36)32(41)17-14-25-8-5-4-6-9-25/h3-13,15-16,19,30-31,40H,1,14,17-18,20-23H2,2H3/t30-,31-/m0/s1. The number of carbonyl (C=O) groups excluding carboxylic acids is 4. The molecule has 2 aliphatic rings. The number of aromatic hydroxyl groups is 1. The monoisotopic (exact) mass is 580 g/mol. The van der Waals surface area contributed by atoms with Crippen molar-refractivity contribution < 1.29 is 24.3 Å². The first-order valence-corrected chi connectivity index (χ1v) is 14.4. The van der Waals surface area contributed by atoms with Crippen LogP contribution in [0, 0.1) is 0 Å². The number of benzene rings is 3. The maximum atomic E-state index is 14.1. The van der Waals surface area contributed by atoms with Crippen LogP contribution in [0.1, 0.15) is 40.4 Å². The Morgan fingerprint density at radius 1 is 0.953 bits per heavy atom. The van der Waals surface area contributed by atoms with Crippen molar-refractivity contribution in [1.82, 2.24) is 19.8 Å². The Kier molecular flexibility index (Phi) is 9.01. The van der Waals surface area contributed by atoms with E-state index in [9.17, 15) is 24.3 Å². The van der Waals surface area contributed by atoms with Crippen LogP contribution in [-0.2, 0) is 33.8 Å². The van der Waals surface area contributed by atoms with Gasteiger partial charge < -0.3 is 14.9 Å². The van der Waals surface area contributed by atoms with Gasteiger partial charge in [-0.3, -0.25) is 19.2 Å². The molecule has 2 saturated heterocycles. The number of ketones is 1. The minimum Gasteiger partial charge on any atom is -0.508 e. The smallest absolute Gasteiger partial charge is 0.246 e. The van der Waals surface area contributed by atoms with Crippen molar-refractivity contribution in [3.8, 4) is 5.75 Å². The molecular weight excluding hydrogens is 544 g/mol. The van der Waals surface area contributed by atoms with Crippen LogP contribution in [0.15, 0.2) is 91.5 Å². The third-order valence-electron chi connectivity index (χ3n) is 7.97. The van der Waals surface area contributed by atoms with Crippen molar-refractivity contribution in [3.05, 3.63) is 114 Å². The van der Waals surface area contributed by atoms with Gasteiger partial charge in [0.1, 0.15) is 18.0 Å². The number of phenols is 1. The number of aryl methyl sites for hydroxylation is 1. The van der Waals surface area contributed by atoms with Gasteiger partial charge in [-0.1, -0.05) is 66.7 Å². The van der Waals surface area contributed by atoms with Crippen LogP contribution in [0.3, 0.4) is 0 Å². The minimum atomic E-state index is -0.859. The van der Waals surface area contributed by atoms with E-state index in [0.29, 0.717) is 18.5 Å².